The first-order valence-corrected chi connectivity index (χ1v) is 7.90. The van der Waals surface area contributed by atoms with Crippen LogP contribution < -0.4 is 0 Å². The molecule has 1 aromatic rings. The number of ether oxygens (including phenoxy) is 1. The van der Waals surface area contributed by atoms with Gasteiger partial charge in [0.25, 0.3) is 0 Å². The minimum atomic E-state index is -4.48. The van der Waals surface area contributed by atoms with Crippen molar-refractivity contribution in [1.82, 2.24) is 4.90 Å². The van der Waals surface area contributed by atoms with Crippen LogP contribution in [0.2, 0.25) is 5.02 Å². The van der Waals surface area contributed by atoms with Gasteiger partial charge in [-0.05, 0) is 44.9 Å². The van der Waals surface area contributed by atoms with Gasteiger partial charge in [-0.15, -0.1) is 0 Å². The van der Waals surface area contributed by atoms with Gasteiger partial charge in [-0.2, -0.15) is 13.2 Å². The van der Waals surface area contributed by atoms with Crippen LogP contribution in [0.1, 0.15) is 38.3 Å². The van der Waals surface area contributed by atoms with Crippen molar-refractivity contribution < 1.29 is 22.7 Å². The molecule has 132 valence electrons. The predicted octanol–water partition coefficient (Wildman–Crippen LogP) is 5.38. The molecular weight excluding hydrogens is 343 g/mol. The minimum absolute atomic E-state index is 0.00416. The van der Waals surface area contributed by atoms with E-state index in [0.717, 1.165) is 6.07 Å². The van der Waals surface area contributed by atoms with Crippen LogP contribution >= 0.6 is 11.6 Å². The van der Waals surface area contributed by atoms with E-state index in [2.05, 4.69) is 0 Å². The molecular formula is C17H19ClF3NO2. The van der Waals surface area contributed by atoms with Gasteiger partial charge < -0.3 is 9.64 Å². The molecule has 0 saturated carbocycles. The van der Waals surface area contributed by atoms with E-state index in [-0.39, 0.29) is 30.1 Å². The molecule has 0 fully saturated rings. The number of rotatable bonds is 1. The number of amides is 1. The molecule has 0 N–H and O–H groups in total. The molecule has 0 radical (unpaired) electrons. The molecule has 1 amide bonds. The number of carbonyl (C=O) groups excluding carboxylic acids is 1. The highest BCUT2D eigenvalue weighted by atomic mass is 35.5. The van der Waals surface area contributed by atoms with Crippen molar-refractivity contribution in [3.8, 4) is 0 Å². The van der Waals surface area contributed by atoms with Crippen molar-refractivity contribution in [3.05, 3.63) is 40.4 Å². The largest absolute Gasteiger partial charge is 0.444 e. The van der Waals surface area contributed by atoms with Crippen LogP contribution in [0.25, 0.3) is 5.57 Å². The highest BCUT2D eigenvalue weighted by Crippen LogP contribution is 2.40. The van der Waals surface area contributed by atoms with Crippen LogP contribution in [-0.4, -0.2) is 29.7 Å². The second kappa shape index (κ2) is 6.67. The van der Waals surface area contributed by atoms with E-state index in [1.807, 2.05) is 0 Å². The monoisotopic (exact) mass is 361 g/mol. The topological polar surface area (TPSA) is 29.5 Å². The summed E-state index contributed by atoms with van der Waals surface area (Å²) in [6, 6.07) is 3.74. The highest BCUT2D eigenvalue weighted by molar-refractivity contribution is 6.32. The van der Waals surface area contributed by atoms with Gasteiger partial charge in [0.2, 0.25) is 0 Å². The molecule has 0 spiro atoms. The fraction of sp³-hybridized carbons (Fsp3) is 0.471. The maximum atomic E-state index is 13.2. The molecule has 7 heteroatoms. The maximum Gasteiger partial charge on any atom is 0.417 e. The molecule has 0 saturated heterocycles. The molecule has 1 aliphatic heterocycles. The van der Waals surface area contributed by atoms with Crippen molar-refractivity contribution in [2.24, 2.45) is 0 Å². The van der Waals surface area contributed by atoms with Crippen molar-refractivity contribution in [2.45, 2.75) is 39.0 Å². The summed E-state index contributed by atoms with van der Waals surface area (Å²) in [5.74, 6) is 0. The van der Waals surface area contributed by atoms with Gasteiger partial charge in [0.05, 0.1) is 5.56 Å². The van der Waals surface area contributed by atoms with Crippen LogP contribution in [0.3, 0.4) is 0 Å². The molecule has 0 atom stereocenters. The Morgan fingerprint density at radius 1 is 1.25 bits per heavy atom. The fourth-order valence-corrected chi connectivity index (χ4v) is 2.77. The van der Waals surface area contributed by atoms with Crippen molar-refractivity contribution in [3.63, 3.8) is 0 Å². The number of benzene rings is 1. The summed E-state index contributed by atoms with van der Waals surface area (Å²) < 4.78 is 44.9. The molecule has 0 unspecified atom stereocenters. The first-order chi connectivity index (χ1) is 11.0. The lowest BCUT2D eigenvalue weighted by molar-refractivity contribution is -0.137. The summed E-state index contributed by atoms with van der Waals surface area (Å²) in [7, 11) is 0. The quantitative estimate of drug-likeness (QED) is 0.671. The van der Waals surface area contributed by atoms with Crippen molar-refractivity contribution >= 4 is 23.3 Å². The lowest BCUT2D eigenvalue weighted by atomic mass is 9.94. The first-order valence-electron chi connectivity index (χ1n) is 7.52. The Morgan fingerprint density at radius 3 is 2.42 bits per heavy atom. The molecule has 1 heterocycles. The van der Waals surface area contributed by atoms with E-state index in [4.69, 9.17) is 16.3 Å². The standard InChI is InChI=1S/C17H19ClF3NO2/c1-16(2,3)24-15(23)22-9-7-11(8-10-22)14-12(17(19,20)21)5-4-6-13(14)18/h4-7H,8-10H2,1-3H3. The van der Waals surface area contributed by atoms with Crippen molar-refractivity contribution in [1.29, 1.82) is 0 Å². The summed E-state index contributed by atoms with van der Waals surface area (Å²) in [6.45, 7) is 5.75. The van der Waals surface area contributed by atoms with Gasteiger partial charge in [0.1, 0.15) is 5.60 Å². The summed E-state index contributed by atoms with van der Waals surface area (Å²) >= 11 is 6.01. The van der Waals surface area contributed by atoms with E-state index in [1.165, 1.54) is 17.0 Å². The summed E-state index contributed by atoms with van der Waals surface area (Å²) in [5, 5.41) is 0.0572. The lowest BCUT2D eigenvalue weighted by Crippen LogP contribution is -2.39. The van der Waals surface area contributed by atoms with E-state index in [0.29, 0.717) is 5.57 Å². The molecule has 3 nitrogen and oxygen atoms in total. The normalized spacial score (nSPS) is 16.0. The molecule has 0 aliphatic carbocycles. The number of alkyl halides is 3. The van der Waals surface area contributed by atoms with Gasteiger partial charge in [-0.25, -0.2) is 4.79 Å². The third-order valence-corrected chi connectivity index (χ3v) is 3.82. The summed E-state index contributed by atoms with van der Waals surface area (Å²) in [6.07, 6.45) is -3.08. The minimum Gasteiger partial charge on any atom is -0.444 e. The highest BCUT2D eigenvalue weighted by Gasteiger charge is 2.35. The Hall–Kier alpha value is -1.69. The Morgan fingerprint density at radius 2 is 1.92 bits per heavy atom. The predicted molar refractivity (Wildman–Crippen MR) is 86.9 cm³/mol. The Balaban J connectivity index is 2.24. The summed E-state index contributed by atoms with van der Waals surface area (Å²) in [5.41, 5.74) is -0.886. The molecule has 1 aliphatic rings. The zero-order valence-corrected chi connectivity index (χ0v) is 14.5. The number of hydrogen-bond acceptors (Lipinski definition) is 2. The third-order valence-electron chi connectivity index (χ3n) is 3.50. The fourth-order valence-electron chi connectivity index (χ4n) is 2.48. The smallest absolute Gasteiger partial charge is 0.417 e. The Bertz CT molecular complexity index is 663. The summed E-state index contributed by atoms with van der Waals surface area (Å²) in [4.78, 5) is 13.5. The lowest BCUT2D eigenvalue weighted by Gasteiger charge is -2.30. The van der Waals surface area contributed by atoms with Gasteiger partial charge in [-0.3, -0.25) is 0 Å². The zero-order chi connectivity index (χ0) is 18.1. The number of hydrogen-bond donors (Lipinski definition) is 0. The molecule has 0 aromatic heterocycles. The first kappa shape index (κ1) is 18.6. The van der Waals surface area contributed by atoms with Gasteiger partial charge in [-0.1, -0.05) is 23.7 Å². The third kappa shape index (κ3) is 4.44. The van der Waals surface area contributed by atoms with Crippen molar-refractivity contribution in [2.75, 3.05) is 13.1 Å². The van der Waals surface area contributed by atoms with E-state index < -0.39 is 23.4 Å². The van der Waals surface area contributed by atoms with E-state index in [9.17, 15) is 18.0 Å². The maximum absolute atomic E-state index is 13.2. The Kier molecular flexibility index (Phi) is 5.18. The average Bonchev–Trinajstić information content (AvgIpc) is 2.44. The van der Waals surface area contributed by atoms with E-state index >= 15 is 0 Å². The zero-order valence-electron chi connectivity index (χ0n) is 13.7. The molecule has 0 bridgehead atoms. The second-order valence-electron chi connectivity index (χ2n) is 6.57. The SMILES string of the molecule is CC(C)(C)OC(=O)N1CC=C(c2c(Cl)cccc2C(F)(F)F)CC1. The molecule has 1 aromatic carbocycles. The van der Waals surface area contributed by atoms with Crippen LogP contribution in [0.5, 0.6) is 0 Å². The number of nitrogens with zero attached hydrogens (tertiary/aromatic N) is 1. The van der Waals surface area contributed by atoms with Crippen LogP contribution in [0, 0.1) is 0 Å². The van der Waals surface area contributed by atoms with Crippen LogP contribution in [-0.2, 0) is 10.9 Å². The van der Waals surface area contributed by atoms with Gasteiger partial charge >= 0.3 is 12.3 Å². The average molecular weight is 362 g/mol. The number of halogens is 4. The van der Waals surface area contributed by atoms with Crippen LogP contribution in [0.4, 0.5) is 18.0 Å². The molecule has 2 rings (SSSR count). The molecule has 24 heavy (non-hydrogen) atoms. The van der Waals surface area contributed by atoms with Crippen LogP contribution in [0.15, 0.2) is 24.3 Å². The van der Waals surface area contributed by atoms with E-state index in [1.54, 1.807) is 26.8 Å². The van der Waals surface area contributed by atoms with Gasteiger partial charge in [0.15, 0.2) is 0 Å². The van der Waals surface area contributed by atoms with Gasteiger partial charge in [0, 0.05) is 23.7 Å². The number of carbonyl (C=O) groups is 1. The second-order valence-corrected chi connectivity index (χ2v) is 6.97. The Labute approximate surface area is 144 Å².